The molecule has 3 rings (SSSR count). The van der Waals surface area contributed by atoms with Gasteiger partial charge in [0.25, 0.3) is 0 Å². The molecule has 0 saturated heterocycles. The van der Waals surface area contributed by atoms with Gasteiger partial charge in [-0.15, -0.1) is 0 Å². The van der Waals surface area contributed by atoms with Gasteiger partial charge in [-0.2, -0.15) is 18.3 Å². The number of alkyl halides is 3. The first-order valence-electron chi connectivity index (χ1n) is 7.81. The molecule has 1 aromatic carbocycles. The van der Waals surface area contributed by atoms with Crippen LogP contribution in [0.1, 0.15) is 38.2 Å². The van der Waals surface area contributed by atoms with Crippen LogP contribution in [-0.2, 0) is 11.0 Å². The van der Waals surface area contributed by atoms with E-state index in [0.717, 1.165) is 19.0 Å². The smallest absolute Gasteiger partial charge is 0.420 e. The van der Waals surface area contributed by atoms with Gasteiger partial charge in [-0.05, 0) is 31.4 Å². The largest absolute Gasteiger partial charge is 0.490 e. The number of halogens is 3. The molecule has 2 N–H and O–H groups in total. The number of amides is 1. The number of H-pyrrole nitrogens is 1. The number of aromatic amines is 1. The molecule has 0 bridgehead atoms. The fourth-order valence-electron chi connectivity index (χ4n) is 3.24. The Bertz CT molecular complexity index is 742. The summed E-state index contributed by atoms with van der Waals surface area (Å²) < 4.78 is 46.1. The summed E-state index contributed by atoms with van der Waals surface area (Å²) in [5, 5.41) is 9.02. The average Bonchev–Trinajstić information content (AvgIpc) is 2.93. The first kappa shape index (κ1) is 16.6. The lowest BCUT2D eigenvalue weighted by Gasteiger charge is -2.30. The van der Waals surface area contributed by atoms with E-state index in [1.165, 1.54) is 19.1 Å². The Hall–Kier alpha value is -2.25. The Morgan fingerprint density at radius 2 is 2.17 bits per heavy atom. The maximum absolute atomic E-state index is 13.5. The van der Waals surface area contributed by atoms with E-state index < -0.39 is 11.7 Å². The second kappa shape index (κ2) is 6.33. The minimum absolute atomic E-state index is 0.00535. The van der Waals surface area contributed by atoms with Crippen molar-refractivity contribution in [2.24, 2.45) is 0 Å². The van der Waals surface area contributed by atoms with Crippen molar-refractivity contribution >= 4 is 16.8 Å². The summed E-state index contributed by atoms with van der Waals surface area (Å²) in [6, 6.07) is 2.79. The number of nitrogens with zero attached hydrogens (tertiary/aromatic N) is 1. The SMILES string of the molecule is CC(=O)NC1CCCC(Oc2ccc3[nH]ncc3c2C(F)(F)F)C1. The average molecular weight is 341 g/mol. The van der Waals surface area contributed by atoms with Gasteiger partial charge in [-0.3, -0.25) is 9.89 Å². The first-order chi connectivity index (χ1) is 11.3. The molecule has 0 aliphatic heterocycles. The van der Waals surface area contributed by atoms with Crippen molar-refractivity contribution in [3.63, 3.8) is 0 Å². The first-order valence-corrected chi connectivity index (χ1v) is 7.81. The van der Waals surface area contributed by atoms with Crippen molar-refractivity contribution < 1.29 is 22.7 Å². The van der Waals surface area contributed by atoms with E-state index in [1.54, 1.807) is 0 Å². The molecular formula is C16H18F3N3O2. The van der Waals surface area contributed by atoms with Crippen molar-refractivity contribution in [2.75, 3.05) is 0 Å². The van der Waals surface area contributed by atoms with Crippen LogP contribution in [0.15, 0.2) is 18.3 Å². The van der Waals surface area contributed by atoms with Crippen LogP contribution < -0.4 is 10.1 Å². The van der Waals surface area contributed by atoms with E-state index in [9.17, 15) is 18.0 Å². The van der Waals surface area contributed by atoms with Gasteiger partial charge in [0.1, 0.15) is 17.4 Å². The summed E-state index contributed by atoms with van der Waals surface area (Å²) in [7, 11) is 0. The molecule has 1 fully saturated rings. The Morgan fingerprint density at radius 3 is 2.88 bits per heavy atom. The summed E-state index contributed by atoms with van der Waals surface area (Å²) in [6.07, 6.45) is -0.967. The minimum atomic E-state index is -4.54. The number of rotatable bonds is 3. The number of ether oxygens (including phenoxy) is 1. The van der Waals surface area contributed by atoms with E-state index in [0.29, 0.717) is 18.4 Å². The molecule has 1 amide bonds. The Balaban J connectivity index is 1.85. The molecule has 5 nitrogen and oxygen atoms in total. The van der Waals surface area contributed by atoms with Crippen LogP contribution in [0.25, 0.3) is 10.9 Å². The number of carbonyl (C=O) groups is 1. The van der Waals surface area contributed by atoms with Crippen LogP contribution in [0.4, 0.5) is 13.2 Å². The molecule has 2 atom stereocenters. The Kier molecular flexibility index (Phi) is 4.38. The normalized spacial score (nSPS) is 21.7. The Morgan fingerprint density at radius 1 is 1.38 bits per heavy atom. The number of aromatic nitrogens is 2. The van der Waals surface area contributed by atoms with E-state index in [-0.39, 0.29) is 29.2 Å². The lowest BCUT2D eigenvalue weighted by Crippen LogP contribution is -2.40. The molecule has 24 heavy (non-hydrogen) atoms. The van der Waals surface area contributed by atoms with Gasteiger partial charge >= 0.3 is 6.18 Å². The van der Waals surface area contributed by atoms with Crippen LogP contribution in [0, 0.1) is 0 Å². The van der Waals surface area contributed by atoms with Crippen molar-refractivity contribution in [3.05, 3.63) is 23.9 Å². The molecule has 0 spiro atoms. The summed E-state index contributed by atoms with van der Waals surface area (Å²) >= 11 is 0. The summed E-state index contributed by atoms with van der Waals surface area (Å²) in [5.74, 6) is -0.332. The minimum Gasteiger partial charge on any atom is -0.490 e. The zero-order chi connectivity index (χ0) is 17.3. The fraction of sp³-hybridized carbons (Fsp3) is 0.500. The van der Waals surface area contributed by atoms with E-state index >= 15 is 0 Å². The van der Waals surface area contributed by atoms with E-state index in [1.807, 2.05) is 0 Å². The Labute approximate surface area is 136 Å². The van der Waals surface area contributed by atoms with Crippen LogP contribution >= 0.6 is 0 Å². The molecule has 1 aromatic heterocycles. The third-order valence-corrected chi connectivity index (χ3v) is 4.20. The third-order valence-electron chi connectivity index (χ3n) is 4.20. The number of benzene rings is 1. The molecule has 8 heteroatoms. The molecule has 1 aliphatic rings. The predicted octanol–water partition coefficient (Wildman–Crippen LogP) is 3.41. The lowest BCUT2D eigenvalue weighted by molar-refractivity contribution is -0.138. The second-order valence-electron chi connectivity index (χ2n) is 6.07. The predicted molar refractivity (Wildman–Crippen MR) is 81.6 cm³/mol. The maximum atomic E-state index is 13.5. The highest BCUT2D eigenvalue weighted by molar-refractivity contribution is 5.84. The topological polar surface area (TPSA) is 67.0 Å². The summed E-state index contributed by atoms with van der Waals surface area (Å²) in [5.41, 5.74) is -0.496. The highest BCUT2D eigenvalue weighted by Crippen LogP contribution is 2.41. The highest BCUT2D eigenvalue weighted by atomic mass is 19.4. The number of carbonyl (C=O) groups excluding carboxylic acids is 1. The number of fused-ring (bicyclic) bond motifs is 1. The van der Waals surface area contributed by atoms with Crippen molar-refractivity contribution in [3.8, 4) is 5.75 Å². The molecule has 1 heterocycles. The maximum Gasteiger partial charge on any atom is 0.420 e. The van der Waals surface area contributed by atoms with Crippen LogP contribution in [0.2, 0.25) is 0 Å². The summed E-state index contributed by atoms with van der Waals surface area (Å²) in [6.45, 7) is 1.43. The molecule has 1 aliphatic carbocycles. The third kappa shape index (κ3) is 3.47. The van der Waals surface area contributed by atoms with Crippen molar-refractivity contribution in [1.29, 1.82) is 0 Å². The van der Waals surface area contributed by atoms with Crippen molar-refractivity contribution in [2.45, 2.75) is 50.9 Å². The zero-order valence-corrected chi connectivity index (χ0v) is 13.1. The van der Waals surface area contributed by atoms with Gasteiger partial charge in [-0.1, -0.05) is 0 Å². The number of hydrogen-bond acceptors (Lipinski definition) is 3. The van der Waals surface area contributed by atoms with E-state index in [4.69, 9.17) is 4.74 Å². The molecule has 2 unspecified atom stereocenters. The van der Waals surface area contributed by atoms with E-state index in [2.05, 4.69) is 15.5 Å². The molecule has 0 radical (unpaired) electrons. The van der Waals surface area contributed by atoms with Gasteiger partial charge in [0.15, 0.2) is 0 Å². The number of nitrogens with one attached hydrogen (secondary N) is 2. The number of hydrogen-bond donors (Lipinski definition) is 2. The van der Waals surface area contributed by atoms with Gasteiger partial charge in [0, 0.05) is 24.8 Å². The van der Waals surface area contributed by atoms with Crippen LogP contribution in [0.5, 0.6) is 5.75 Å². The molecule has 130 valence electrons. The monoisotopic (exact) mass is 341 g/mol. The van der Waals surface area contributed by atoms with Crippen LogP contribution in [-0.4, -0.2) is 28.3 Å². The van der Waals surface area contributed by atoms with Gasteiger partial charge in [-0.25, -0.2) is 0 Å². The van der Waals surface area contributed by atoms with Crippen molar-refractivity contribution in [1.82, 2.24) is 15.5 Å². The zero-order valence-electron chi connectivity index (χ0n) is 13.1. The lowest BCUT2D eigenvalue weighted by atomic mass is 9.92. The molecular weight excluding hydrogens is 323 g/mol. The highest BCUT2D eigenvalue weighted by Gasteiger charge is 2.38. The van der Waals surface area contributed by atoms with Crippen LogP contribution in [0.3, 0.4) is 0 Å². The van der Waals surface area contributed by atoms with Gasteiger partial charge < -0.3 is 10.1 Å². The fourth-order valence-corrected chi connectivity index (χ4v) is 3.24. The van der Waals surface area contributed by atoms with Gasteiger partial charge in [0.05, 0.1) is 11.7 Å². The van der Waals surface area contributed by atoms with Gasteiger partial charge in [0.2, 0.25) is 5.91 Å². The standard InChI is InChI=1S/C16H18F3N3O2/c1-9(23)21-10-3-2-4-11(7-10)24-14-6-5-13-12(8-20-22-13)15(14)16(17,18)19/h5-6,8,10-11H,2-4,7H2,1H3,(H,20,22)(H,21,23). The quantitative estimate of drug-likeness (QED) is 0.899. The molecule has 1 saturated carbocycles. The second-order valence-corrected chi connectivity index (χ2v) is 6.07. The summed E-state index contributed by atoms with van der Waals surface area (Å²) in [4.78, 5) is 11.2. The molecule has 2 aromatic rings.